The molecule has 0 aromatic heterocycles. The Bertz CT molecular complexity index is 1050. The molecule has 3 aromatic carbocycles. The van der Waals surface area contributed by atoms with Crippen LogP contribution >= 0.6 is 0 Å². The molecule has 0 N–H and O–H groups in total. The number of ether oxygens (including phenoxy) is 1. The second-order valence-corrected chi connectivity index (χ2v) is 6.49. The van der Waals surface area contributed by atoms with Crippen molar-refractivity contribution < 1.29 is 9.57 Å². The summed E-state index contributed by atoms with van der Waals surface area (Å²) < 4.78 is 6.12. The van der Waals surface area contributed by atoms with E-state index in [2.05, 4.69) is 30.3 Å². The van der Waals surface area contributed by atoms with Crippen LogP contribution in [0, 0.1) is 25.2 Å². The van der Waals surface area contributed by atoms with E-state index >= 15 is 0 Å². The summed E-state index contributed by atoms with van der Waals surface area (Å²) in [7, 11) is 1.44. The standard InChI is InChI=1S/C24H22N2O2/c1-17-12-13-18(2)24(14-17)28-16-19-8-4-5-9-20(19)21-10-6-7-11-22(21)23(15-25)26-27-3/h4-14H,16H2,1-3H3. The highest BCUT2D eigenvalue weighted by atomic mass is 16.6. The first-order chi connectivity index (χ1) is 13.6. The minimum atomic E-state index is 0.239. The molecule has 0 fully saturated rings. The summed E-state index contributed by atoms with van der Waals surface area (Å²) >= 11 is 0. The minimum Gasteiger partial charge on any atom is -0.489 e. The Hall–Kier alpha value is -3.58. The second kappa shape index (κ2) is 8.88. The summed E-state index contributed by atoms with van der Waals surface area (Å²) in [6.07, 6.45) is 0. The van der Waals surface area contributed by atoms with Gasteiger partial charge < -0.3 is 9.57 Å². The van der Waals surface area contributed by atoms with Gasteiger partial charge in [-0.15, -0.1) is 0 Å². The molecule has 0 atom stereocenters. The largest absolute Gasteiger partial charge is 0.489 e. The molecule has 3 aromatic rings. The maximum Gasteiger partial charge on any atom is 0.187 e. The third kappa shape index (κ3) is 4.21. The van der Waals surface area contributed by atoms with Crippen LogP contribution < -0.4 is 4.74 Å². The Morgan fingerprint density at radius 3 is 2.43 bits per heavy atom. The van der Waals surface area contributed by atoms with Crippen molar-refractivity contribution in [3.63, 3.8) is 0 Å². The first-order valence-corrected chi connectivity index (χ1v) is 9.03. The smallest absolute Gasteiger partial charge is 0.187 e. The van der Waals surface area contributed by atoms with Gasteiger partial charge in [0.15, 0.2) is 5.71 Å². The topological polar surface area (TPSA) is 54.6 Å². The number of rotatable bonds is 6. The van der Waals surface area contributed by atoms with Gasteiger partial charge in [-0.05, 0) is 47.7 Å². The van der Waals surface area contributed by atoms with Crippen LogP contribution in [0.4, 0.5) is 0 Å². The molecule has 0 amide bonds. The van der Waals surface area contributed by atoms with Crippen molar-refractivity contribution in [2.45, 2.75) is 20.5 Å². The number of aryl methyl sites for hydroxylation is 2. The molecule has 0 heterocycles. The van der Waals surface area contributed by atoms with Crippen LogP contribution in [-0.2, 0) is 11.4 Å². The zero-order valence-electron chi connectivity index (χ0n) is 16.3. The van der Waals surface area contributed by atoms with E-state index in [1.807, 2.05) is 61.5 Å². The lowest BCUT2D eigenvalue weighted by Gasteiger charge is -2.15. The van der Waals surface area contributed by atoms with Crippen LogP contribution in [-0.4, -0.2) is 12.8 Å². The lowest BCUT2D eigenvalue weighted by atomic mass is 9.93. The van der Waals surface area contributed by atoms with Crippen molar-refractivity contribution in [1.29, 1.82) is 5.26 Å². The second-order valence-electron chi connectivity index (χ2n) is 6.49. The number of nitriles is 1. The van der Waals surface area contributed by atoms with E-state index in [-0.39, 0.29) is 5.71 Å². The van der Waals surface area contributed by atoms with Gasteiger partial charge in [0.05, 0.1) is 0 Å². The van der Waals surface area contributed by atoms with Gasteiger partial charge in [-0.3, -0.25) is 0 Å². The van der Waals surface area contributed by atoms with E-state index in [4.69, 9.17) is 9.57 Å². The fourth-order valence-electron chi connectivity index (χ4n) is 3.07. The Morgan fingerprint density at radius 2 is 1.68 bits per heavy atom. The Labute approximate surface area is 165 Å². The number of nitrogens with zero attached hydrogens (tertiary/aromatic N) is 2. The molecule has 4 heteroatoms. The summed E-state index contributed by atoms with van der Waals surface area (Å²) in [6, 6.07) is 24.0. The first-order valence-electron chi connectivity index (χ1n) is 9.03. The van der Waals surface area contributed by atoms with Crippen LogP contribution in [0.3, 0.4) is 0 Å². The molecule has 0 aliphatic heterocycles. The molecule has 0 saturated heterocycles. The average Bonchev–Trinajstić information content (AvgIpc) is 2.73. The summed E-state index contributed by atoms with van der Waals surface area (Å²) in [5.74, 6) is 0.877. The summed E-state index contributed by atoms with van der Waals surface area (Å²) in [4.78, 5) is 4.84. The molecule has 0 spiro atoms. The lowest BCUT2D eigenvalue weighted by Crippen LogP contribution is -2.04. The minimum absolute atomic E-state index is 0.239. The Balaban J connectivity index is 1.99. The predicted octanol–water partition coefficient (Wildman–Crippen LogP) is 5.42. The molecule has 0 aliphatic rings. The molecule has 28 heavy (non-hydrogen) atoms. The van der Waals surface area contributed by atoms with Gasteiger partial charge in [-0.2, -0.15) is 5.26 Å². The molecular weight excluding hydrogens is 348 g/mol. The maximum atomic E-state index is 9.47. The quantitative estimate of drug-likeness (QED) is 0.430. The van der Waals surface area contributed by atoms with Crippen molar-refractivity contribution in [2.24, 2.45) is 5.16 Å². The highest BCUT2D eigenvalue weighted by molar-refractivity contribution is 6.15. The van der Waals surface area contributed by atoms with Crippen molar-refractivity contribution in [2.75, 3.05) is 7.11 Å². The zero-order valence-corrected chi connectivity index (χ0v) is 16.3. The molecule has 0 unspecified atom stereocenters. The van der Waals surface area contributed by atoms with Crippen molar-refractivity contribution in [3.8, 4) is 22.9 Å². The number of benzene rings is 3. The van der Waals surface area contributed by atoms with E-state index in [0.717, 1.165) is 39.1 Å². The molecule has 0 radical (unpaired) electrons. The maximum absolute atomic E-state index is 9.47. The van der Waals surface area contributed by atoms with E-state index in [0.29, 0.717) is 6.61 Å². The van der Waals surface area contributed by atoms with E-state index < -0.39 is 0 Å². The van der Waals surface area contributed by atoms with Gasteiger partial charge in [0.2, 0.25) is 0 Å². The van der Waals surface area contributed by atoms with Crippen LogP contribution in [0.15, 0.2) is 71.9 Å². The van der Waals surface area contributed by atoms with Gasteiger partial charge in [-0.1, -0.05) is 65.8 Å². The molecular formula is C24H22N2O2. The van der Waals surface area contributed by atoms with E-state index in [1.165, 1.54) is 7.11 Å². The number of hydrogen-bond acceptors (Lipinski definition) is 4. The van der Waals surface area contributed by atoms with Crippen molar-refractivity contribution in [3.05, 3.63) is 89.0 Å². The molecule has 0 saturated carbocycles. The van der Waals surface area contributed by atoms with Crippen molar-refractivity contribution >= 4 is 5.71 Å². The zero-order chi connectivity index (χ0) is 19.9. The van der Waals surface area contributed by atoms with E-state index in [9.17, 15) is 5.26 Å². The number of hydrogen-bond donors (Lipinski definition) is 0. The van der Waals surface area contributed by atoms with Gasteiger partial charge in [0.1, 0.15) is 25.5 Å². The fraction of sp³-hybridized carbons (Fsp3) is 0.167. The number of oxime groups is 1. The Kier molecular flexibility index (Phi) is 6.08. The van der Waals surface area contributed by atoms with Gasteiger partial charge in [0.25, 0.3) is 0 Å². The summed E-state index contributed by atoms with van der Waals surface area (Å²) in [5, 5.41) is 13.3. The normalized spacial score (nSPS) is 11.0. The third-order valence-corrected chi connectivity index (χ3v) is 4.51. The summed E-state index contributed by atoms with van der Waals surface area (Å²) in [6.45, 7) is 4.52. The van der Waals surface area contributed by atoms with Gasteiger partial charge in [0, 0.05) is 5.56 Å². The Morgan fingerprint density at radius 1 is 0.964 bits per heavy atom. The average molecular weight is 370 g/mol. The lowest BCUT2D eigenvalue weighted by molar-refractivity contribution is 0.214. The van der Waals surface area contributed by atoms with E-state index in [1.54, 1.807) is 0 Å². The van der Waals surface area contributed by atoms with Crippen LogP contribution in [0.25, 0.3) is 11.1 Å². The van der Waals surface area contributed by atoms with Gasteiger partial charge in [-0.25, -0.2) is 0 Å². The molecule has 3 rings (SSSR count). The highest BCUT2D eigenvalue weighted by Gasteiger charge is 2.14. The molecule has 0 aliphatic carbocycles. The highest BCUT2D eigenvalue weighted by Crippen LogP contribution is 2.29. The molecule has 4 nitrogen and oxygen atoms in total. The third-order valence-electron chi connectivity index (χ3n) is 4.51. The van der Waals surface area contributed by atoms with Crippen molar-refractivity contribution in [1.82, 2.24) is 0 Å². The SMILES string of the molecule is CON=C(C#N)c1ccccc1-c1ccccc1COc1cc(C)ccc1C. The molecule has 0 bridgehead atoms. The monoisotopic (exact) mass is 370 g/mol. The summed E-state index contributed by atoms with van der Waals surface area (Å²) in [5.41, 5.74) is 6.18. The predicted molar refractivity (Wildman–Crippen MR) is 111 cm³/mol. The van der Waals surface area contributed by atoms with Crippen LogP contribution in [0.2, 0.25) is 0 Å². The first kappa shape index (κ1) is 19.2. The van der Waals surface area contributed by atoms with Gasteiger partial charge >= 0.3 is 0 Å². The van der Waals surface area contributed by atoms with Crippen LogP contribution in [0.1, 0.15) is 22.3 Å². The fourth-order valence-corrected chi connectivity index (χ4v) is 3.07. The van der Waals surface area contributed by atoms with Crippen LogP contribution in [0.5, 0.6) is 5.75 Å². The molecule has 140 valence electrons.